The molecule has 0 radical (unpaired) electrons. The Kier molecular flexibility index (Phi) is 4.75. The summed E-state index contributed by atoms with van der Waals surface area (Å²) in [7, 11) is 0. The lowest BCUT2D eigenvalue weighted by molar-refractivity contribution is 0.594. The minimum absolute atomic E-state index is 0.139. The second kappa shape index (κ2) is 6.33. The zero-order valence-electron chi connectivity index (χ0n) is 10.3. The van der Waals surface area contributed by atoms with Crippen molar-refractivity contribution in [2.45, 2.75) is 13.0 Å². The number of halogens is 3. The molecule has 0 fully saturated rings. The maximum atomic E-state index is 12.9. The SMILES string of the molecule is CCNC(c1ccc(Cl)c(Cl)c1)c1ccc(F)cn1. The first kappa shape index (κ1) is 14.3. The van der Waals surface area contributed by atoms with E-state index < -0.39 is 0 Å². The fraction of sp³-hybridized carbons (Fsp3) is 0.214. The first-order valence-electron chi connectivity index (χ1n) is 5.91. The lowest BCUT2D eigenvalue weighted by Gasteiger charge is -2.18. The van der Waals surface area contributed by atoms with Crippen LogP contribution in [0.2, 0.25) is 10.0 Å². The molecular formula is C14H13Cl2FN2. The fourth-order valence-corrected chi connectivity index (χ4v) is 2.15. The van der Waals surface area contributed by atoms with E-state index in [0.29, 0.717) is 10.0 Å². The first-order valence-corrected chi connectivity index (χ1v) is 6.67. The van der Waals surface area contributed by atoms with E-state index in [1.165, 1.54) is 12.3 Å². The third-order valence-electron chi connectivity index (χ3n) is 2.73. The van der Waals surface area contributed by atoms with Gasteiger partial charge < -0.3 is 5.32 Å². The molecule has 0 aliphatic carbocycles. The van der Waals surface area contributed by atoms with Crippen molar-refractivity contribution < 1.29 is 4.39 Å². The molecule has 0 aliphatic heterocycles. The van der Waals surface area contributed by atoms with Crippen LogP contribution in [-0.2, 0) is 0 Å². The second-order valence-corrected chi connectivity index (χ2v) is 4.88. The average Bonchev–Trinajstić information content (AvgIpc) is 2.41. The van der Waals surface area contributed by atoms with Crippen LogP contribution >= 0.6 is 23.2 Å². The largest absolute Gasteiger partial charge is 0.305 e. The van der Waals surface area contributed by atoms with E-state index in [4.69, 9.17) is 23.2 Å². The molecule has 0 aliphatic rings. The summed E-state index contributed by atoms with van der Waals surface area (Å²) in [5.74, 6) is -0.354. The highest BCUT2D eigenvalue weighted by Crippen LogP contribution is 2.28. The standard InChI is InChI=1S/C14H13Cl2FN2/c1-2-18-14(13-6-4-10(17)8-19-13)9-3-5-11(15)12(16)7-9/h3-8,14,18H,2H2,1H3. The number of nitrogens with one attached hydrogen (secondary N) is 1. The van der Waals surface area contributed by atoms with Crippen molar-refractivity contribution in [2.75, 3.05) is 6.54 Å². The van der Waals surface area contributed by atoms with Gasteiger partial charge in [-0.25, -0.2) is 4.39 Å². The molecule has 0 saturated carbocycles. The molecule has 5 heteroatoms. The minimum atomic E-state index is -0.354. The summed E-state index contributed by atoms with van der Waals surface area (Å²) >= 11 is 11.9. The highest BCUT2D eigenvalue weighted by atomic mass is 35.5. The Morgan fingerprint density at radius 3 is 2.58 bits per heavy atom. The van der Waals surface area contributed by atoms with E-state index in [0.717, 1.165) is 17.8 Å². The Balaban J connectivity index is 2.38. The maximum Gasteiger partial charge on any atom is 0.141 e. The van der Waals surface area contributed by atoms with Gasteiger partial charge in [0.05, 0.1) is 28.0 Å². The van der Waals surface area contributed by atoms with Gasteiger partial charge in [-0.05, 0) is 36.4 Å². The smallest absolute Gasteiger partial charge is 0.141 e. The Bertz CT molecular complexity index is 558. The number of rotatable bonds is 4. The summed E-state index contributed by atoms with van der Waals surface area (Å²) in [6, 6.07) is 8.33. The molecule has 2 aromatic rings. The number of pyridine rings is 1. The van der Waals surface area contributed by atoms with E-state index in [-0.39, 0.29) is 11.9 Å². The zero-order valence-corrected chi connectivity index (χ0v) is 11.8. The zero-order chi connectivity index (χ0) is 13.8. The topological polar surface area (TPSA) is 24.9 Å². The normalized spacial score (nSPS) is 12.4. The van der Waals surface area contributed by atoms with Crippen LogP contribution in [0.5, 0.6) is 0 Å². The summed E-state index contributed by atoms with van der Waals surface area (Å²) < 4.78 is 12.9. The molecule has 0 bridgehead atoms. The van der Waals surface area contributed by atoms with E-state index in [2.05, 4.69) is 10.3 Å². The highest BCUT2D eigenvalue weighted by molar-refractivity contribution is 6.42. The van der Waals surface area contributed by atoms with Crippen LogP contribution in [0.15, 0.2) is 36.5 Å². The number of hydrogen-bond donors (Lipinski definition) is 1. The monoisotopic (exact) mass is 298 g/mol. The van der Waals surface area contributed by atoms with Gasteiger partial charge in [-0.2, -0.15) is 0 Å². The van der Waals surface area contributed by atoms with Crippen LogP contribution in [0.4, 0.5) is 4.39 Å². The molecule has 1 heterocycles. The van der Waals surface area contributed by atoms with Gasteiger partial charge in [0.2, 0.25) is 0 Å². The van der Waals surface area contributed by atoms with Gasteiger partial charge in [-0.3, -0.25) is 4.98 Å². The van der Waals surface area contributed by atoms with Gasteiger partial charge in [-0.1, -0.05) is 36.2 Å². The first-order chi connectivity index (χ1) is 9.11. The van der Waals surface area contributed by atoms with E-state index in [1.807, 2.05) is 13.0 Å². The Labute approximate surface area is 121 Å². The summed E-state index contributed by atoms with van der Waals surface area (Å²) in [6.07, 6.45) is 1.21. The third kappa shape index (κ3) is 3.44. The van der Waals surface area contributed by atoms with Crippen molar-refractivity contribution in [2.24, 2.45) is 0 Å². The van der Waals surface area contributed by atoms with E-state index in [9.17, 15) is 4.39 Å². The van der Waals surface area contributed by atoms with Crippen molar-refractivity contribution in [1.29, 1.82) is 0 Å². The van der Waals surface area contributed by atoms with Gasteiger partial charge in [-0.15, -0.1) is 0 Å². The van der Waals surface area contributed by atoms with Crippen LogP contribution < -0.4 is 5.32 Å². The van der Waals surface area contributed by atoms with Gasteiger partial charge in [0, 0.05) is 0 Å². The average molecular weight is 299 g/mol. The predicted octanol–water partition coefficient (Wildman–Crippen LogP) is 4.23. The molecule has 1 aromatic heterocycles. The molecule has 2 rings (SSSR count). The molecule has 1 N–H and O–H groups in total. The number of nitrogens with zero attached hydrogens (tertiary/aromatic N) is 1. The van der Waals surface area contributed by atoms with Gasteiger partial charge >= 0.3 is 0 Å². The number of hydrogen-bond acceptors (Lipinski definition) is 2. The van der Waals surface area contributed by atoms with Crippen molar-refractivity contribution >= 4 is 23.2 Å². The van der Waals surface area contributed by atoms with Gasteiger partial charge in [0.1, 0.15) is 5.82 Å². The molecule has 0 saturated heterocycles. The number of aromatic nitrogens is 1. The lowest BCUT2D eigenvalue weighted by atomic mass is 10.0. The van der Waals surface area contributed by atoms with Crippen molar-refractivity contribution in [3.63, 3.8) is 0 Å². The maximum absolute atomic E-state index is 12.9. The van der Waals surface area contributed by atoms with Crippen molar-refractivity contribution in [3.8, 4) is 0 Å². The molecule has 1 unspecified atom stereocenters. The molecular weight excluding hydrogens is 286 g/mol. The van der Waals surface area contributed by atoms with Crippen LogP contribution in [-0.4, -0.2) is 11.5 Å². The van der Waals surface area contributed by atoms with Gasteiger partial charge in [0.25, 0.3) is 0 Å². The molecule has 1 aromatic carbocycles. The van der Waals surface area contributed by atoms with Crippen LogP contribution in [0.3, 0.4) is 0 Å². The fourth-order valence-electron chi connectivity index (χ4n) is 1.85. The van der Waals surface area contributed by atoms with Crippen molar-refractivity contribution in [1.82, 2.24) is 10.3 Å². The summed E-state index contributed by atoms with van der Waals surface area (Å²) in [6.45, 7) is 2.75. The highest BCUT2D eigenvalue weighted by Gasteiger charge is 2.15. The van der Waals surface area contributed by atoms with Crippen LogP contribution in [0.1, 0.15) is 24.2 Å². The summed E-state index contributed by atoms with van der Waals surface area (Å²) in [4.78, 5) is 4.11. The summed E-state index contributed by atoms with van der Waals surface area (Å²) in [5, 5.41) is 4.29. The molecule has 1 atom stereocenters. The van der Waals surface area contributed by atoms with Crippen LogP contribution in [0.25, 0.3) is 0 Å². The Morgan fingerprint density at radius 1 is 1.21 bits per heavy atom. The molecule has 2 nitrogen and oxygen atoms in total. The molecule has 19 heavy (non-hydrogen) atoms. The Morgan fingerprint density at radius 2 is 2.00 bits per heavy atom. The quantitative estimate of drug-likeness (QED) is 0.914. The Hall–Kier alpha value is -1.16. The van der Waals surface area contributed by atoms with Crippen molar-refractivity contribution in [3.05, 3.63) is 63.6 Å². The molecule has 0 spiro atoms. The third-order valence-corrected chi connectivity index (χ3v) is 3.47. The van der Waals surface area contributed by atoms with E-state index >= 15 is 0 Å². The molecule has 100 valence electrons. The second-order valence-electron chi connectivity index (χ2n) is 4.07. The lowest BCUT2D eigenvalue weighted by Crippen LogP contribution is -2.23. The number of benzene rings is 1. The van der Waals surface area contributed by atoms with Crippen LogP contribution in [0, 0.1) is 5.82 Å². The minimum Gasteiger partial charge on any atom is -0.305 e. The predicted molar refractivity (Wildman–Crippen MR) is 76.2 cm³/mol. The summed E-state index contributed by atoms with van der Waals surface area (Å²) in [5.41, 5.74) is 1.68. The van der Waals surface area contributed by atoms with E-state index in [1.54, 1.807) is 18.2 Å². The molecule has 0 amide bonds. The van der Waals surface area contributed by atoms with Gasteiger partial charge in [0.15, 0.2) is 0 Å².